The molecule has 1 aromatic carbocycles. The summed E-state index contributed by atoms with van der Waals surface area (Å²) in [5.41, 5.74) is 4.46. The molecule has 0 saturated heterocycles. The van der Waals surface area contributed by atoms with Crippen molar-refractivity contribution in [1.29, 1.82) is 0 Å². The monoisotopic (exact) mass is 416 g/mol. The molecule has 0 radical (unpaired) electrons. The summed E-state index contributed by atoms with van der Waals surface area (Å²) < 4.78 is 14.8. The first-order valence-corrected chi connectivity index (χ1v) is 9.84. The van der Waals surface area contributed by atoms with E-state index in [0.29, 0.717) is 35.9 Å². The van der Waals surface area contributed by atoms with Gasteiger partial charge in [0.15, 0.2) is 0 Å². The first-order chi connectivity index (χ1) is 15.0. The van der Waals surface area contributed by atoms with E-state index in [2.05, 4.69) is 25.4 Å². The first-order valence-electron chi connectivity index (χ1n) is 9.84. The topological polar surface area (TPSA) is 85.6 Å². The molecule has 0 fully saturated rings. The molecule has 3 heterocycles. The molecule has 0 aliphatic rings. The molecular formula is C23H21FN6O. The Labute approximate surface area is 179 Å². The van der Waals surface area contributed by atoms with Gasteiger partial charge in [-0.3, -0.25) is 9.78 Å². The zero-order valence-corrected chi connectivity index (χ0v) is 17.2. The molecule has 0 saturated carbocycles. The molecule has 4 aromatic rings. The predicted octanol–water partition coefficient (Wildman–Crippen LogP) is 3.45. The van der Waals surface area contributed by atoms with Crippen LogP contribution in [0.5, 0.6) is 0 Å². The van der Waals surface area contributed by atoms with Crippen LogP contribution in [0.25, 0.3) is 17.2 Å². The molecule has 0 atom stereocenters. The van der Waals surface area contributed by atoms with Gasteiger partial charge >= 0.3 is 0 Å². The molecule has 1 amide bonds. The minimum atomic E-state index is -0.308. The van der Waals surface area contributed by atoms with Crippen LogP contribution < -0.4 is 5.32 Å². The smallest absolute Gasteiger partial charge is 0.254 e. The summed E-state index contributed by atoms with van der Waals surface area (Å²) in [5.74, 6) is -0.173. The van der Waals surface area contributed by atoms with Crippen LogP contribution in [0.15, 0.2) is 61.2 Å². The summed E-state index contributed by atoms with van der Waals surface area (Å²) >= 11 is 0. The van der Waals surface area contributed by atoms with E-state index < -0.39 is 0 Å². The summed E-state index contributed by atoms with van der Waals surface area (Å²) in [5, 5.41) is 7.22. The van der Waals surface area contributed by atoms with Gasteiger partial charge in [-0.05, 0) is 61.7 Å². The zero-order chi connectivity index (χ0) is 21.8. The van der Waals surface area contributed by atoms with Crippen LogP contribution in [0.4, 0.5) is 4.39 Å². The van der Waals surface area contributed by atoms with Crippen molar-refractivity contribution in [2.24, 2.45) is 0 Å². The second-order valence-electron chi connectivity index (χ2n) is 7.13. The molecule has 8 heteroatoms. The SMILES string of the molecule is Cc1cnc(-n2ncc(C(=O)NCCc3cccnc3)c2C)nc1-c1ccc(F)cc1. The molecule has 0 unspecified atom stereocenters. The standard InChI is InChI=1S/C23H21FN6O/c1-15-12-27-23(29-21(15)18-5-7-19(24)8-6-18)30-16(2)20(14-28-30)22(31)26-11-9-17-4-3-10-25-13-17/h3-8,10,12-14H,9,11H2,1-2H3,(H,26,31). The normalized spacial score (nSPS) is 10.8. The van der Waals surface area contributed by atoms with Crippen LogP contribution in [0.1, 0.15) is 27.2 Å². The van der Waals surface area contributed by atoms with Crippen LogP contribution >= 0.6 is 0 Å². The highest BCUT2D eigenvalue weighted by molar-refractivity contribution is 5.95. The number of aromatic nitrogens is 5. The highest BCUT2D eigenvalue weighted by Crippen LogP contribution is 2.22. The third-order valence-corrected chi connectivity index (χ3v) is 4.94. The molecule has 0 aliphatic heterocycles. The van der Waals surface area contributed by atoms with Gasteiger partial charge in [-0.1, -0.05) is 6.07 Å². The Morgan fingerprint density at radius 3 is 2.65 bits per heavy atom. The molecule has 156 valence electrons. The highest BCUT2D eigenvalue weighted by Gasteiger charge is 2.17. The Balaban J connectivity index is 1.53. The largest absolute Gasteiger partial charge is 0.352 e. The number of aryl methyl sites for hydroxylation is 1. The molecule has 0 spiro atoms. The van der Waals surface area contributed by atoms with Crippen molar-refractivity contribution < 1.29 is 9.18 Å². The van der Waals surface area contributed by atoms with E-state index in [1.54, 1.807) is 37.6 Å². The number of nitrogens with one attached hydrogen (secondary N) is 1. The van der Waals surface area contributed by atoms with Gasteiger partial charge in [0.25, 0.3) is 11.9 Å². The summed E-state index contributed by atoms with van der Waals surface area (Å²) in [4.78, 5) is 25.7. The fourth-order valence-corrected chi connectivity index (χ4v) is 3.23. The van der Waals surface area contributed by atoms with E-state index in [4.69, 9.17) is 0 Å². The van der Waals surface area contributed by atoms with Crippen LogP contribution in [-0.2, 0) is 6.42 Å². The Morgan fingerprint density at radius 2 is 1.90 bits per heavy atom. The predicted molar refractivity (Wildman–Crippen MR) is 114 cm³/mol. The van der Waals surface area contributed by atoms with Gasteiger partial charge in [0.05, 0.1) is 23.1 Å². The van der Waals surface area contributed by atoms with Gasteiger partial charge in [-0.15, -0.1) is 0 Å². The lowest BCUT2D eigenvalue weighted by Crippen LogP contribution is -2.26. The lowest BCUT2D eigenvalue weighted by molar-refractivity contribution is 0.0953. The summed E-state index contributed by atoms with van der Waals surface area (Å²) in [6, 6.07) is 9.97. The van der Waals surface area contributed by atoms with E-state index in [0.717, 1.165) is 16.7 Å². The Hall–Kier alpha value is -3.94. The molecule has 3 aromatic heterocycles. The average molecular weight is 416 g/mol. The number of carbonyl (C=O) groups excluding carboxylic acids is 1. The van der Waals surface area contributed by atoms with E-state index in [1.165, 1.54) is 23.0 Å². The van der Waals surface area contributed by atoms with E-state index in [-0.39, 0.29) is 11.7 Å². The molecule has 1 N–H and O–H groups in total. The van der Waals surface area contributed by atoms with Crippen molar-refractivity contribution in [3.05, 3.63) is 89.4 Å². The quantitative estimate of drug-likeness (QED) is 0.520. The van der Waals surface area contributed by atoms with E-state index >= 15 is 0 Å². The number of carbonyl (C=O) groups is 1. The number of benzene rings is 1. The van der Waals surface area contributed by atoms with E-state index in [9.17, 15) is 9.18 Å². The molecule has 31 heavy (non-hydrogen) atoms. The van der Waals surface area contributed by atoms with Crippen molar-refractivity contribution in [2.75, 3.05) is 6.54 Å². The maximum atomic E-state index is 13.3. The fraction of sp³-hybridized carbons (Fsp3) is 0.174. The van der Waals surface area contributed by atoms with Gasteiger partial charge in [0.2, 0.25) is 0 Å². The third kappa shape index (κ3) is 4.48. The van der Waals surface area contributed by atoms with Crippen LogP contribution in [0, 0.1) is 19.7 Å². The molecule has 7 nitrogen and oxygen atoms in total. The second kappa shape index (κ2) is 8.83. The van der Waals surface area contributed by atoms with Gasteiger partial charge in [-0.25, -0.2) is 19.0 Å². The van der Waals surface area contributed by atoms with Crippen molar-refractivity contribution in [2.45, 2.75) is 20.3 Å². The van der Waals surface area contributed by atoms with Crippen LogP contribution in [-0.4, -0.2) is 37.2 Å². The Morgan fingerprint density at radius 1 is 1.10 bits per heavy atom. The zero-order valence-electron chi connectivity index (χ0n) is 17.2. The van der Waals surface area contributed by atoms with Crippen molar-refractivity contribution in [3.63, 3.8) is 0 Å². The average Bonchev–Trinajstić information content (AvgIpc) is 3.17. The van der Waals surface area contributed by atoms with Gasteiger partial charge < -0.3 is 5.32 Å². The van der Waals surface area contributed by atoms with Gasteiger partial charge in [-0.2, -0.15) is 5.10 Å². The molecular weight excluding hydrogens is 395 g/mol. The summed E-state index contributed by atoms with van der Waals surface area (Å²) in [6.07, 6.45) is 7.39. The lowest BCUT2D eigenvalue weighted by atomic mass is 10.1. The maximum absolute atomic E-state index is 13.3. The van der Waals surface area contributed by atoms with Gasteiger partial charge in [0, 0.05) is 30.7 Å². The number of hydrogen-bond donors (Lipinski definition) is 1. The molecule has 4 rings (SSSR count). The highest BCUT2D eigenvalue weighted by atomic mass is 19.1. The van der Waals surface area contributed by atoms with Crippen molar-refractivity contribution >= 4 is 5.91 Å². The number of hydrogen-bond acceptors (Lipinski definition) is 5. The van der Waals surface area contributed by atoms with Crippen LogP contribution in [0.3, 0.4) is 0 Å². The van der Waals surface area contributed by atoms with E-state index in [1.807, 2.05) is 19.1 Å². The number of rotatable bonds is 6. The number of amides is 1. The number of halogens is 1. The first kappa shape index (κ1) is 20.3. The Kier molecular flexibility index (Phi) is 5.79. The minimum Gasteiger partial charge on any atom is -0.352 e. The lowest BCUT2D eigenvalue weighted by Gasteiger charge is -2.09. The second-order valence-corrected chi connectivity index (χ2v) is 7.13. The van der Waals surface area contributed by atoms with Gasteiger partial charge in [0.1, 0.15) is 5.82 Å². The Bertz CT molecular complexity index is 1200. The summed E-state index contributed by atoms with van der Waals surface area (Å²) in [6.45, 7) is 4.17. The third-order valence-electron chi connectivity index (χ3n) is 4.94. The number of pyridine rings is 1. The molecule has 0 aliphatic carbocycles. The summed E-state index contributed by atoms with van der Waals surface area (Å²) in [7, 11) is 0. The van der Waals surface area contributed by atoms with Crippen molar-refractivity contribution in [3.8, 4) is 17.2 Å². The number of nitrogens with zero attached hydrogens (tertiary/aromatic N) is 5. The van der Waals surface area contributed by atoms with Crippen molar-refractivity contribution in [1.82, 2.24) is 30.0 Å². The fourth-order valence-electron chi connectivity index (χ4n) is 3.23. The maximum Gasteiger partial charge on any atom is 0.254 e. The minimum absolute atomic E-state index is 0.210. The molecule has 0 bridgehead atoms. The van der Waals surface area contributed by atoms with Crippen LogP contribution in [0.2, 0.25) is 0 Å².